The van der Waals surface area contributed by atoms with Crippen molar-refractivity contribution < 1.29 is 4.79 Å². The third-order valence-electron chi connectivity index (χ3n) is 2.30. The minimum atomic E-state index is -0.208. The summed E-state index contributed by atoms with van der Waals surface area (Å²) in [6.07, 6.45) is 0. The fraction of sp³-hybridized carbons (Fsp3) is 0.182. The van der Waals surface area contributed by atoms with Gasteiger partial charge >= 0.3 is 0 Å². The maximum atomic E-state index is 11.8. The van der Waals surface area contributed by atoms with Crippen LogP contribution in [0.25, 0.3) is 10.9 Å². The quantitative estimate of drug-likeness (QED) is 0.651. The second-order valence-corrected chi connectivity index (χ2v) is 3.37. The fourth-order valence-corrected chi connectivity index (χ4v) is 1.53. The standard InChI is InChI=1S/C11H10N2O2/c1-7(14)10-12-9-6-4-3-5-8(9)11(15)13(10)2/h3-6H,1-2H3. The molecule has 1 aromatic carbocycles. The summed E-state index contributed by atoms with van der Waals surface area (Å²) < 4.78 is 1.28. The molecule has 76 valence electrons. The van der Waals surface area contributed by atoms with Gasteiger partial charge in [0, 0.05) is 14.0 Å². The number of ketones is 1. The first-order valence-corrected chi connectivity index (χ1v) is 4.58. The zero-order valence-corrected chi connectivity index (χ0v) is 8.52. The van der Waals surface area contributed by atoms with Crippen LogP contribution in [0.3, 0.4) is 0 Å². The third kappa shape index (κ3) is 1.44. The number of carbonyl (C=O) groups excluding carboxylic acids is 1. The van der Waals surface area contributed by atoms with Crippen LogP contribution >= 0.6 is 0 Å². The summed E-state index contributed by atoms with van der Waals surface area (Å²) in [6, 6.07) is 7.00. The van der Waals surface area contributed by atoms with Gasteiger partial charge in [0.2, 0.25) is 0 Å². The Kier molecular flexibility index (Phi) is 2.11. The lowest BCUT2D eigenvalue weighted by Crippen LogP contribution is -2.24. The molecule has 2 rings (SSSR count). The Morgan fingerprint density at radius 1 is 1.33 bits per heavy atom. The van der Waals surface area contributed by atoms with Crippen molar-refractivity contribution in [3.63, 3.8) is 0 Å². The topological polar surface area (TPSA) is 52.0 Å². The van der Waals surface area contributed by atoms with Crippen LogP contribution in [0.2, 0.25) is 0 Å². The molecule has 0 bridgehead atoms. The normalized spacial score (nSPS) is 10.5. The maximum absolute atomic E-state index is 11.8. The van der Waals surface area contributed by atoms with Crippen LogP contribution in [0.1, 0.15) is 17.5 Å². The number of para-hydroxylation sites is 1. The Hall–Kier alpha value is -1.97. The van der Waals surface area contributed by atoms with Crippen molar-refractivity contribution >= 4 is 16.7 Å². The first-order chi connectivity index (χ1) is 7.11. The van der Waals surface area contributed by atoms with Crippen LogP contribution in [-0.2, 0) is 7.05 Å². The van der Waals surface area contributed by atoms with Gasteiger partial charge in [0.25, 0.3) is 5.56 Å². The summed E-state index contributed by atoms with van der Waals surface area (Å²) in [5, 5.41) is 0.532. The highest BCUT2D eigenvalue weighted by molar-refractivity contribution is 5.92. The van der Waals surface area contributed by atoms with Crippen LogP contribution in [-0.4, -0.2) is 15.3 Å². The van der Waals surface area contributed by atoms with Gasteiger partial charge in [-0.25, -0.2) is 4.98 Å². The van der Waals surface area contributed by atoms with Crippen LogP contribution in [0.15, 0.2) is 29.1 Å². The monoisotopic (exact) mass is 202 g/mol. The summed E-state index contributed by atoms with van der Waals surface area (Å²) in [5.41, 5.74) is 0.372. The molecule has 1 aromatic heterocycles. The van der Waals surface area contributed by atoms with Crippen LogP contribution in [0.5, 0.6) is 0 Å². The predicted octanol–water partition coefficient (Wildman–Crippen LogP) is 1.14. The molecule has 1 heterocycles. The molecule has 0 saturated heterocycles. The molecule has 15 heavy (non-hydrogen) atoms. The Labute approximate surface area is 86.2 Å². The van der Waals surface area contributed by atoms with E-state index in [9.17, 15) is 9.59 Å². The molecule has 0 spiro atoms. The lowest BCUT2D eigenvalue weighted by molar-refractivity contribution is 0.0999. The van der Waals surface area contributed by atoms with Gasteiger partial charge in [0.1, 0.15) is 0 Å². The maximum Gasteiger partial charge on any atom is 0.261 e. The van der Waals surface area contributed by atoms with Crippen molar-refractivity contribution in [3.05, 3.63) is 40.4 Å². The van der Waals surface area contributed by atoms with Crippen molar-refractivity contribution in [2.24, 2.45) is 7.05 Å². The minimum absolute atomic E-state index is 0.189. The van der Waals surface area contributed by atoms with E-state index in [1.54, 1.807) is 31.3 Å². The van der Waals surface area contributed by atoms with E-state index in [4.69, 9.17) is 0 Å². The highest BCUT2D eigenvalue weighted by Crippen LogP contribution is 2.07. The van der Waals surface area contributed by atoms with Gasteiger partial charge in [-0.1, -0.05) is 12.1 Å². The van der Waals surface area contributed by atoms with Crippen LogP contribution < -0.4 is 5.56 Å². The lowest BCUT2D eigenvalue weighted by atomic mass is 10.2. The largest absolute Gasteiger partial charge is 0.293 e. The molecule has 0 saturated carbocycles. The van der Waals surface area contributed by atoms with Gasteiger partial charge < -0.3 is 0 Å². The number of carbonyl (C=O) groups is 1. The molecule has 0 unspecified atom stereocenters. The number of benzene rings is 1. The summed E-state index contributed by atoms with van der Waals surface area (Å²) in [6.45, 7) is 1.40. The van der Waals surface area contributed by atoms with E-state index >= 15 is 0 Å². The number of nitrogens with zero attached hydrogens (tertiary/aromatic N) is 2. The molecular formula is C11H10N2O2. The smallest absolute Gasteiger partial charge is 0.261 e. The summed E-state index contributed by atoms with van der Waals surface area (Å²) >= 11 is 0. The van der Waals surface area contributed by atoms with Gasteiger partial charge in [-0.15, -0.1) is 0 Å². The molecule has 0 radical (unpaired) electrons. The molecule has 4 nitrogen and oxygen atoms in total. The van der Waals surface area contributed by atoms with E-state index in [2.05, 4.69) is 4.98 Å². The number of aromatic nitrogens is 2. The number of rotatable bonds is 1. The average Bonchev–Trinajstić information content (AvgIpc) is 2.23. The Bertz CT molecular complexity index is 599. The molecule has 0 aliphatic rings. The number of hydrogen-bond donors (Lipinski definition) is 0. The SMILES string of the molecule is CC(=O)c1nc2ccccc2c(=O)n1C. The Morgan fingerprint density at radius 2 is 2.00 bits per heavy atom. The molecule has 0 aliphatic heterocycles. The number of Topliss-reactive ketones (excluding diaryl/α,β-unsaturated/α-hetero) is 1. The zero-order valence-electron chi connectivity index (χ0n) is 8.52. The summed E-state index contributed by atoms with van der Waals surface area (Å²) in [7, 11) is 1.55. The lowest BCUT2D eigenvalue weighted by Gasteiger charge is -2.05. The average molecular weight is 202 g/mol. The third-order valence-corrected chi connectivity index (χ3v) is 2.30. The second-order valence-electron chi connectivity index (χ2n) is 3.37. The van der Waals surface area contributed by atoms with Gasteiger partial charge in [0.15, 0.2) is 11.6 Å². The van der Waals surface area contributed by atoms with Crippen molar-refractivity contribution in [3.8, 4) is 0 Å². The molecule has 0 aliphatic carbocycles. The highest BCUT2D eigenvalue weighted by Gasteiger charge is 2.10. The van der Waals surface area contributed by atoms with Gasteiger partial charge in [-0.05, 0) is 12.1 Å². The van der Waals surface area contributed by atoms with Gasteiger partial charge in [-0.2, -0.15) is 0 Å². The molecular weight excluding hydrogens is 192 g/mol. The summed E-state index contributed by atoms with van der Waals surface area (Å²) in [5.74, 6) is -0.0148. The van der Waals surface area contributed by atoms with E-state index < -0.39 is 0 Å². The Morgan fingerprint density at radius 3 is 2.67 bits per heavy atom. The van der Waals surface area contributed by atoms with Crippen LogP contribution in [0, 0.1) is 0 Å². The first kappa shape index (κ1) is 9.58. The van der Waals surface area contributed by atoms with E-state index in [0.29, 0.717) is 10.9 Å². The van der Waals surface area contributed by atoms with E-state index in [1.165, 1.54) is 11.5 Å². The minimum Gasteiger partial charge on any atom is -0.293 e. The zero-order chi connectivity index (χ0) is 11.0. The van der Waals surface area contributed by atoms with Crippen molar-refractivity contribution in [1.29, 1.82) is 0 Å². The van der Waals surface area contributed by atoms with Gasteiger partial charge in [-0.3, -0.25) is 14.2 Å². The van der Waals surface area contributed by atoms with E-state index in [0.717, 1.165) is 0 Å². The van der Waals surface area contributed by atoms with Crippen molar-refractivity contribution in [2.75, 3.05) is 0 Å². The highest BCUT2D eigenvalue weighted by atomic mass is 16.1. The van der Waals surface area contributed by atoms with E-state index in [1.807, 2.05) is 0 Å². The first-order valence-electron chi connectivity index (χ1n) is 4.58. The Balaban J connectivity index is 2.95. The van der Waals surface area contributed by atoms with Gasteiger partial charge in [0.05, 0.1) is 10.9 Å². The molecule has 0 N–H and O–H groups in total. The second kappa shape index (κ2) is 3.31. The molecule has 2 aromatic rings. The van der Waals surface area contributed by atoms with E-state index in [-0.39, 0.29) is 17.2 Å². The molecule has 0 atom stereocenters. The summed E-state index contributed by atoms with van der Waals surface area (Å²) in [4.78, 5) is 27.2. The fourth-order valence-electron chi connectivity index (χ4n) is 1.53. The molecule has 4 heteroatoms. The molecule has 0 fully saturated rings. The van der Waals surface area contributed by atoms with Crippen LogP contribution in [0.4, 0.5) is 0 Å². The predicted molar refractivity (Wildman–Crippen MR) is 57.0 cm³/mol. The molecule has 0 amide bonds. The number of hydrogen-bond acceptors (Lipinski definition) is 3. The van der Waals surface area contributed by atoms with Crippen molar-refractivity contribution in [2.45, 2.75) is 6.92 Å². The number of fused-ring (bicyclic) bond motifs is 1. The van der Waals surface area contributed by atoms with Crippen molar-refractivity contribution in [1.82, 2.24) is 9.55 Å².